The summed E-state index contributed by atoms with van der Waals surface area (Å²) in [4.78, 5) is 27.9. The molecule has 0 aromatic heterocycles. The van der Waals surface area contributed by atoms with Crippen molar-refractivity contribution < 1.29 is 22.4 Å². The van der Waals surface area contributed by atoms with Crippen LogP contribution in [-0.2, 0) is 26.2 Å². The van der Waals surface area contributed by atoms with Gasteiger partial charge < -0.3 is 10.2 Å². The van der Waals surface area contributed by atoms with Crippen LogP contribution in [0.25, 0.3) is 0 Å². The SMILES string of the molecule is CC[C@H](C(=O)N[C@@H](C)CC)N(Cc1ccc(F)cc1)C(=O)CCCN(c1cccc(Cl)c1)S(C)(=O)=O. The fraction of sp³-hybridized carbons (Fsp3) is 0.462. The van der Waals surface area contributed by atoms with Gasteiger partial charge in [-0.2, -0.15) is 0 Å². The number of rotatable bonds is 13. The predicted octanol–water partition coefficient (Wildman–Crippen LogP) is 4.75. The van der Waals surface area contributed by atoms with Crippen molar-refractivity contribution in [1.82, 2.24) is 10.2 Å². The highest BCUT2D eigenvalue weighted by Gasteiger charge is 2.29. The molecule has 0 bridgehead atoms. The molecular formula is C26H35ClFN3O4S. The molecule has 2 atom stereocenters. The molecule has 0 saturated carbocycles. The zero-order valence-corrected chi connectivity index (χ0v) is 22.8. The number of nitrogens with one attached hydrogen (secondary N) is 1. The maximum absolute atomic E-state index is 13.4. The first kappa shape index (κ1) is 29.6. The van der Waals surface area contributed by atoms with E-state index in [1.165, 1.54) is 21.3 Å². The van der Waals surface area contributed by atoms with E-state index in [0.29, 0.717) is 22.7 Å². The Morgan fingerprint density at radius 2 is 1.75 bits per heavy atom. The smallest absolute Gasteiger partial charge is 0.243 e. The van der Waals surface area contributed by atoms with Crippen molar-refractivity contribution in [2.24, 2.45) is 0 Å². The third-order valence-electron chi connectivity index (χ3n) is 5.90. The molecule has 0 spiro atoms. The summed E-state index contributed by atoms with van der Waals surface area (Å²) >= 11 is 6.04. The zero-order valence-electron chi connectivity index (χ0n) is 21.2. The zero-order chi connectivity index (χ0) is 26.9. The number of anilines is 1. The first-order chi connectivity index (χ1) is 17.0. The number of benzene rings is 2. The normalized spacial score (nSPS) is 13.1. The Balaban J connectivity index is 2.22. The molecule has 2 amide bonds. The number of carbonyl (C=O) groups excluding carboxylic acids is 2. The van der Waals surface area contributed by atoms with Gasteiger partial charge in [-0.3, -0.25) is 13.9 Å². The van der Waals surface area contributed by atoms with Gasteiger partial charge in [0.15, 0.2) is 0 Å². The first-order valence-corrected chi connectivity index (χ1v) is 14.3. The Kier molecular flexibility index (Phi) is 11.2. The van der Waals surface area contributed by atoms with Gasteiger partial charge in [-0.25, -0.2) is 12.8 Å². The van der Waals surface area contributed by atoms with Crippen molar-refractivity contribution in [1.29, 1.82) is 0 Å². The third-order valence-corrected chi connectivity index (χ3v) is 7.33. The quantitative estimate of drug-likeness (QED) is 0.398. The fourth-order valence-electron chi connectivity index (χ4n) is 3.78. The number of carbonyl (C=O) groups is 2. The van der Waals surface area contributed by atoms with E-state index >= 15 is 0 Å². The van der Waals surface area contributed by atoms with Gasteiger partial charge in [0.05, 0.1) is 11.9 Å². The Hall–Kier alpha value is -2.65. The Morgan fingerprint density at radius 1 is 1.08 bits per heavy atom. The second-order valence-corrected chi connectivity index (χ2v) is 11.2. The summed E-state index contributed by atoms with van der Waals surface area (Å²) in [6.07, 6.45) is 2.51. The highest BCUT2D eigenvalue weighted by molar-refractivity contribution is 7.92. The van der Waals surface area contributed by atoms with Crippen molar-refractivity contribution in [3.8, 4) is 0 Å². The molecular weight excluding hydrogens is 505 g/mol. The number of sulfonamides is 1. The average Bonchev–Trinajstić information content (AvgIpc) is 2.81. The number of hydrogen-bond acceptors (Lipinski definition) is 4. The second-order valence-electron chi connectivity index (χ2n) is 8.81. The third kappa shape index (κ3) is 8.78. The Labute approximate surface area is 218 Å². The number of nitrogens with zero attached hydrogens (tertiary/aromatic N) is 2. The Bertz CT molecular complexity index is 1130. The van der Waals surface area contributed by atoms with Crippen molar-refractivity contribution in [2.45, 2.75) is 65.1 Å². The van der Waals surface area contributed by atoms with Crippen LogP contribution in [0.15, 0.2) is 48.5 Å². The van der Waals surface area contributed by atoms with Gasteiger partial charge in [0.2, 0.25) is 21.8 Å². The van der Waals surface area contributed by atoms with Crippen LogP contribution in [0.1, 0.15) is 52.0 Å². The van der Waals surface area contributed by atoms with E-state index in [9.17, 15) is 22.4 Å². The van der Waals surface area contributed by atoms with Gasteiger partial charge in [0.25, 0.3) is 0 Å². The van der Waals surface area contributed by atoms with Crippen LogP contribution < -0.4 is 9.62 Å². The van der Waals surface area contributed by atoms with Gasteiger partial charge in [0, 0.05) is 30.6 Å². The van der Waals surface area contributed by atoms with E-state index < -0.39 is 16.1 Å². The molecule has 0 saturated heterocycles. The molecule has 2 aromatic carbocycles. The summed E-state index contributed by atoms with van der Waals surface area (Å²) in [5, 5.41) is 3.34. The minimum absolute atomic E-state index is 0.0287. The highest BCUT2D eigenvalue weighted by Crippen LogP contribution is 2.23. The van der Waals surface area contributed by atoms with Gasteiger partial charge in [0.1, 0.15) is 11.9 Å². The lowest BCUT2D eigenvalue weighted by molar-refractivity contribution is -0.141. The van der Waals surface area contributed by atoms with Crippen molar-refractivity contribution in [3.05, 3.63) is 64.9 Å². The van der Waals surface area contributed by atoms with Crippen LogP contribution in [0.4, 0.5) is 10.1 Å². The topological polar surface area (TPSA) is 86.8 Å². The molecule has 2 rings (SSSR count). The number of halogens is 2. The summed E-state index contributed by atoms with van der Waals surface area (Å²) in [5.74, 6) is -0.927. The molecule has 0 heterocycles. The van der Waals surface area contributed by atoms with E-state index in [2.05, 4.69) is 5.32 Å². The molecule has 10 heteroatoms. The number of hydrogen-bond donors (Lipinski definition) is 1. The van der Waals surface area contributed by atoms with E-state index in [4.69, 9.17) is 11.6 Å². The van der Waals surface area contributed by atoms with Gasteiger partial charge >= 0.3 is 0 Å². The predicted molar refractivity (Wildman–Crippen MR) is 142 cm³/mol. The van der Waals surface area contributed by atoms with Crippen LogP contribution in [0.2, 0.25) is 5.02 Å². The standard InChI is InChI=1S/C26H35ClFN3O4S/c1-5-19(3)29-26(33)24(6-2)30(18-20-12-14-22(28)15-13-20)25(32)11-8-16-31(36(4,34)35)23-10-7-9-21(27)17-23/h7,9-10,12-15,17,19,24H,5-6,8,11,16,18H2,1-4H3,(H,29,33)/t19-,24+/m0/s1. The molecule has 0 aliphatic carbocycles. The van der Waals surface area contributed by atoms with E-state index in [-0.39, 0.29) is 49.6 Å². The monoisotopic (exact) mass is 539 g/mol. The van der Waals surface area contributed by atoms with Crippen molar-refractivity contribution in [2.75, 3.05) is 17.1 Å². The summed E-state index contributed by atoms with van der Waals surface area (Å²) < 4.78 is 39.4. The largest absolute Gasteiger partial charge is 0.352 e. The molecule has 1 N–H and O–H groups in total. The van der Waals surface area contributed by atoms with Crippen LogP contribution in [0, 0.1) is 5.82 Å². The Morgan fingerprint density at radius 3 is 2.31 bits per heavy atom. The van der Waals surface area contributed by atoms with E-state index in [1.807, 2.05) is 20.8 Å². The van der Waals surface area contributed by atoms with Crippen molar-refractivity contribution in [3.63, 3.8) is 0 Å². The molecule has 0 fully saturated rings. The molecule has 0 aliphatic rings. The minimum Gasteiger partial charge on any atom is -0.352 e. The second kappa shape index (κ2) is 13.6. The van der Waals surface area contributed by atoms with E-state index in [1.54, 1.807) is 36.4 Å². The van der Waals surface area contributed by atoms with Gasteiger partial charge in [-0.15, -0.1) is 0 Å². The minimum atomic E-state index is -3.61. The van der Waals surface area contributed by atoms with E-state index in [0.717, 1.165) is 12.7 Å². The van der Waals surface area contributed by atoms with Crippen LogP contribution in [0.3, 0.4) is 0 Å². The van der Waals surface area contributed by atoms with Crippen LogP contribution >= 0.6 is 11.6 Å². The van der Waals surface area contributed by atoms with Crippen molar-refractivity contribution >= 4 is 39.1 Å². The maximum Gasteiger partial charge on any atom is 0.243 e. The molecule has 2 aromatic rings. The summed E-state index contributed by atoms with van der Waals surface area (Å²) in [5.41, 5.74) is 1.11. The lowest BCUT2D eigenvalue weighted by atomic mass is 10.1. The maximum atomic E-state index is 13.4. The summed E-state index contributed by atoms with van der Waals surface area (Å²) in [6.45, 7) is 5.89. The highest BCUT2D eigenvalue weighted by atomic mass is 35.5. The lowest BCUT2D eigenvalue weighted by Gasteiger charge is -2.32. The summed E-state index contributed by atoms with van der Waals surface area (Å²) in [6, 6.07) is 11.5. The molecule has 36 heavy (non-hydrogen) atoms. The van der Waals surface area contributed by atoms with Gasteiger partial charge in [-0.1, -0.05) is 43.6 Å². The molecule has 198 valence electrons. The van der Waals surface area contributed by atoms with Gasteiger partial charge in [-0.05, 0) is 62.1 Å². The fourth-order valence-corrected chi connectivity index (χ4v) is 4.92. The van der Waals surface area contributed by atoms with Crippen LogP contribution in [0.5, 0.6) is 0 Å². The summed E-state index contributed by atoms with van der Waals surface area (Å²) in [7, 11) is -3.61. The molecule has 7 nitrogen and oxygen atoms in total. The average molecular weight is 540 g/mol. The lowest BCUT2D eigenvalue weighted by Crippen LogP contribution is -2.50. The number of amides is 2. The molecule has 0 unspecified atom stereocenters. The van der Waals surface area contributed by atoms with Crippen LogP contribution in [-0.4, -0.2) is 50.0 Å². The molecule has 0 radical (unpaired) electrons. The molecule has 0 aliphatic heterocycles. The first-order valence-electron chi connectivity index (χ1n) is 12.0.